The normalized spacial score (nSPS) is 15.3. The predicted molar refractivity (Wildman–Crippen MR) is 289 cm³/mol. The van der Waals surface area contributed by atoms with Gasteiger partial charge in [-0.2, -0.15) is 0 Å². The van der Waals surface area contributed by atoms with Gasteiger partial charge in [-0.3, -0.25) is 0 Å². The number of rotatable bonds is 6. The summed E-state index contributed by atoms with van der Waals surface area (Å²) < 4.78 is 2.53. The lowest BCUT2D eigenvalue weighted by atomic mass is 9.65. The fourth-order valence-corrected chi connectivity index (χ4v) is 13.2. The van der Waals surface area contributed by atoms with E-state index in [-0.39, 0.29) is 0 Å². The van der Waals surface area contributed by atoms with Crippen molar-refractivity contribution in [1.82, 2.24) is 4.57 Å². The van der Waals surface area contributed by atoms with Crippen molar-refractivity contribution < 1.29 is 0 Å². The molecule has 0 amide bonds. The zero-order valence-corrected chi connectivity index (χ0v) is 38.3. The molecule has 0 bridgehead atoms. The van der Waals surface area contributed by atoms with Gasteiger partial charge in [-0.25, -0.2) is 0 Å². The molecule has 326 valence electrons. The van der Waals surface area contributed by atoms with Crippen molar-refractivity contribution in [3.05, 3.63) is 311 Å². The highest BCUT2D eigenvalue weighted by molar-refractivity contribution is 6.13. The van der Waals surface area contributed by atoms with E-state index in [0.717, 1.165) is 17.1 Å². The van der Waals surface area contributed by atoms with Gasteiger partial charge in [0.15, 0.2) is 0 Å². The molecule has 2 heteroatoms. The number of fused-ring (bicyclic) bond motifs is 15. The standard InChI is InChI=1S/C68H44N2/c1-3-20-45(21-4-1)46-22-17-25-50(44-46)69(49-42-40-48(41-43-49)67(47-23-5-2-6-24-47)56-31-11-7-26-51(56)52-27-8-12-32-57(52)67)64-39-19-35-60-65(64)55-29-9-13-33-58(55)68(60)59-34-14-16-38-63(59)70-62-37-15-10-28-53(62)54-30-18-36-61(68)66(54)70/h1-44H. The Bertz CT molecular complexity index is 4020. The summed E-state index contributed by atoms with van der Waals surface area (Å²) in [5, 5.41) is 2.56. The second-order valence-corrected chi connectivity index (χ2v) is 19.1. The van der Waals surface area contributed by atoms with Crippen molar-refractivity contribution >= 4 is 38.9 Å². The smallest absolute Gasteiger partial charge is 0.0755 e. The van der Waals surface area contributed by atoms with Crippen molar-refractivity contribution in [2.24, 2.45) is 0 Å². The Labute approximate surface area is 407 Å². The van der Waals surface area contributed by atoms with Crippen LogP contribution in [0.5, 0.6) is 0 Å². The van der Waals surface area contributed by atoms with Crippen LogP contribution in [0.25, 0.3) is 60.9 Å². The summed E-state index contributed by atoms with van der Waals surface area (Å²) >= 11 is 0. The van der Waals surface area contributed by atoms with Crippen LogP contribution in [0.3, 0.4) is 0 Å². The summed E-state index contributed by atoms with van der Waals surface area (Å²) in [4.78, 5) is 2.52. The zero-order chi connectivity index (χ0) is 46.0. The molecule has 0 saturated heterocycles. The molecule has 70 heavy (non-hydrogen) atoms. The first kappa shape index (κ1) is 39.1. The topological polar surface area (TPSA) is 8.17 Å². The number of nitrogens with zero attached hydrogens (tertiary/aromatic N) is 2. The summed E-state index contributed by atoms with van der Waals surface area (Å²) in [6.07, 6.45) is 0. The molecule has 1 spiro atoms. The van der Waals surface area contributed by atoms with Gasteiger partial charge >= 0.3 is 0 Å². The molecule has 2 nitrogen and oxygen atoms in total. The molecule has 2 aliphatic carbocycles. The SMILES string of the molecule is c1ccc(-c2cccc(N(c3ccc(C4(c5ccccc5)c5ccccc5-c5ccccc54)cc3)c3cccc4c3-c3ccccc3C43c4ccccc4-n4c5ccccc5c5cccc3c54)c2)cc1. The molecule has 3 aliphatic rings. The van der Waals surface area contributed by atoms with Gasteiger partial charge in [0, 0.05) is 27.7 Å². The summed E-state index contributed by atoms with van der Waals surface area (Å²) in [6.45, 7) is 0. The first-order valence-corrected chi connectivity index (χ1v) is 24.4. The maximum absolute atomic E-state index is 2.53. The molecule has 1 atom stereocenters. The maximum Gasteiger partial charge on any atom is 0.0755 e. The van der Waals surface area contributed by atoms with E-state index in [0.29, 0.717) is 0 Å². The Morgan fingerprint density at radius 1 is 0.314 bits per heavy atom. The fourth-order valence-electron chi connectivity index (χ4n) is 13.2. The second-order valence-electron chi connectivity index (χ2n) is 19.1. The van der Waals surface area contributed by atoms with Crippen LogP contribution in [0.4, 0.5) is 17.1 Å². The van der Waals surface area contributed by atoms with Crippen molar-refractivity contribution in [2.75, 3.05) is 4.90 Å². The zero-order valence-electron chi connectivity index (χ0n) is 38.3. The van der Waals surface area contributed by atoms with E-state index in [4.69, 9.17) is 0 Å². The average molecular weight is 889 g/mol. The number of para-hydroxylation sites is 3. The minimum absolute atomic E-state index is 0.498. The van der Waals surface area contributed by atoms with E-state index in [1.165, 1.54) is 105 Å². The largest absolute Gasteiger partial charge is 0.310 e. The molecule has 12 aromatic rings. The Hall–Kier alpha value is -8.98. The molecule has 1 unspecified atom stereocenters. The Morgan fingerprint density at radius 2 is 0.843 bits per heavy atom. The van der Waals surface area contributed by atoms with Gasteiger partial charge in [-0.15, -0.1) is 0 Å². The Balaban J connectivity index is 1.00. The highest BCUT2D eigenvalue weighted by Gasteiger charge is 2.52. The molecule has 15 rings (SSSR count). The van der Waals surface area contributed by atoms with Crippen LogP contribution in [0.2, 0.25) is 0 Å². The lowest BCUT2D eigenvalue weighted by Gasteiger charge is -2.39. The molecular weight excluding hydrogens is 845 g/mol. The van der Waals surface area contributed by atoms with Crippen molar-refractivity contribution in [3.63, 3.8) is 0 Å². The number of hydrogen-bond donors (Lipinski definition) is 0. The molecule has 11 aromatic carbocycles. The van der Waals surface area contributed by atoms with E-state index >= 15 is 0 Å². The predicted octanol–water partition coefficient (Wildman–Crippen LogP) is 17.0. The van der Waals surface area contributed by atoms with Crippen LogP contribution in [0.15, 0.2) is 267 Å². The molecule has 0 N–H and O–H groups in total. The summed E-state index contributed by atoms with van der Waals surface area (Å²) in [5.41, 5.74) is 23.8. The first-order chi connectivity index (χ1) is 34.8. The third-order valence-electron chi connectivity index (χ3n) is 15.9. The quantitative estimate of drug-likeness (QED) is 0.161. The van der Waals surface area contributed by atoms with Crippen molar-refractivity contribution in [1.29, 1.82) is 0 Å². The lowest BCUT2D eigenvalue weighted by molar-refractivity contribution is 0.748. The highest BCUT2D eigenvalue weighted by atomic mass is 15.1. The van der Waals surface area contributed by atoms with E-state index < -0.39 is 10.8 Å². The van der Waals surface area contributed by atoms with Gasteiger partial charge in [-0.1, -0.05) is 224 Å². The van der Waals surface area contributed by atoms with Gasteiger partial charge in [0.1, 0.15) is 0 Å². The van der Waals surface area contributed by atoms with Crippen molar-refractivity contribution in [2.45, 2.75) is 10.8 Å². The van der Waals surface area contributed by atoms with Crippen LogP contribution < -0.4 is 4.90 Å². The molecule has 2 heterocycles. The Morgan fingerprint density at radius 3 is 1.60 bits per heavy atom. The molecule has 0 fully saturated rings. The minimum Gasteiger partial charge on any atom is -0.310 e. The molecule has 1 aromatic heterocycles. The van der Waals surface area contributed by atoms with Crippen molar-refractivity contribution in [3.8, 4) is 39.1 Å². The average Bonchev–Trinajstić information content (AvgIpc) is 4.05. The van der Waals surface area contributed by atoms with E-state index in [1.54, 1.807) is 0 Å². The third kappa shape index (κ3) is 5.07. The van der Waals surface area contributed by atoms with Crippen LogP contribution in [0, 0.1) is 0 Å². The van der Waals surface area contributed by atoms with E-state index in [2.05, 4.69) is 276 Å². The summed E-state index contributed by atoms with van der Waals surface area (Å²) in [5.74, 6) is 0. The maximum atomic E-state index is 2.53. The van der Waals surface area contributed by atoms with Crippen LogP contribution in [0.1, 0.15) is 44.5 Å². The fraction of sp³-hybridized carbons (Fsp3) is 0.0294. The lowest BCUT2D eigenvalue weighted by Crippen LogP contribution is -2.33. The number of anilines is 3. The number of hydrogen-bond acceptors (Lipinski definition) is 1. The first-order valence-electron chi connectivity index (χ1n) is 24.4. The summed E-state index contributed by atoms with van der Waals surface area (Å²) in [7, 11) is 0. The second kappa shape index (κ2) is 14.8. The molecule has 0 radical (unpaired) electrons. The van der Waals surface area contributed by atoms with Crippen LogP contribution >= 0.6 is 0 Å². The van der Waals surface area contributed by atoms with Crippen LogP contribution in [-0.2, 0) is 10.8 Å². The van der Waals surface area contributed by atoms with Gasteiger partial charge in [0.2, 0.25) is 0 Å². The minimum atomic E-state index is -0.574. The number of aromatic nitrogens is 1. The molecule has 0 saturated carbocycles. The van der Waals surface area contributed by atoms with Gasteiger partial charge in [0.05, 0.1) is 33.2 Å². The van der Waals surface area contributed by atoms with Gasteiger partial charge < -0.3 is 9.47 Å². The van der Waals surface area contributed by atoms with Gasteiger partial charge in [-0.05, 0) is 115 Å². The summed E-state index contributed by atoms with van der Waals surface area (Å²) in [6, 6.07) is 99.8. The van der Waals surface area contributed by atoms with E-state index in [1.807, 2.05) is 0 Å². The number of benzene rings is 11. The monoisotopic (exact) mass is 888 g/mol. The molecular formula is C68H44N2. The Kier molecular flexibility index (Phi) is 8.24. The van der Waals surface area contributed by atoms with Gasteiger partial charge in [0.25, 0.3) is 0 Å². The highest BCUT2D eigenvalue weighted by Crippen LogP contribution is 2.64. The van der Waals surface area contributed by atoms with Crippen LogP contribution in [-0.4, -0.2) is 4.57 Å². The van der Waals surface area contributed by atoms with E-state index in [9.17, 15) is 0 Å². The third-order valence-corrected chi connectivity index (χ3v) is 15.9. The molecule has 1 aliphatic heterocycles.